The number of halogens is 2. The zero-order valence-corrected chi connectivity index (χ0v) is 11.8. The van der Waals surface area contributed by atoms with Crippen LogP contribution < -0.4 is 10.3 Å². The number of hydrogen-bond donors (Lipinski definition) is 2. The summed E-state index contributed by atoms with van der Waals surface area (Å²) in [5, 5.41) is 10.0. The molecule has 120 valence electrons. The number of aromatic amines is 1. The Balaban J connectivity index is 2.22. The van der Waals surface area contributed by atoms with Crippen molar-refractivity contribution in [1.82, 2.24) is 4.98 Å². The predicted octanol–water partition coefficient (Wildman–Crippen LogP) is 2.09. The summed E-state index contributed by atoms with van der Waals surface area (Å²) in [6.45, 7) is 0. The quantitative estimate of drug-likeness (QED) is 0.785. The highest BCUT2D eigenvalue weighted by molar-refractivity contribution is 5.90. The smallest absolute Gasteiger partial charge is 0.337 e. The Labute approximate surface area is 128 Å². The number of alkyl halides is 2. The second kappa shape index (κ2) is 5.17. The molecule has 1 aliphatic heterocycles. The van der Waals surface area contributed by atoms with E-state index >= 15 is 0 Å². The largest absolute Gasteiger partial charge is 0.465 e. The number of methoxy groups -OCH3 is 1. The minimum Gasteiger partial charge on any atom is -0.465 e. The van der Waals surface area contributed by atoms with Crippen LogP contribution in [0.1, 0.15) is 27.7 Å². The molecule has 0 bridgehead atoms. The van der Waals surface area contributed by atoms with E-state index in [-0.39, 0.29) is 22.6 Å². The topological polar surface area (TPSA) is 88.6 Å². The molecule has 0 saturated heterocycles. The average Bonchev–Trinajstić information content (AvgIpc) is 2.61. The monoisotopic (exact) mass is 323 g/mol. The number of ether oxygens (including phenoxy) is 2. The van der Waals surface area contributed by atoms with E-state index in [9.17, 15) is 23.5 Å². The van der Waals surface area contributed by atoms with Crippen LogP contribution in [-0.4, -0.2) is 23.2 Å². The number of aromatic nitrogens is 1. The van der Waals surface area contributed by atoms with E-state index in [4.69, 9.17) is 4.74 Å². The molecule has 0 amide bonds. The van der Waals surface area contributed by atoms with Crippen LogP contribution in [0.15, 0.2) is 35.1 Å². The lowest BCUT2D eigenvalue weighted by Gasteiger charge is -2.20. The number of pyridine rings is 1. The van der Waals surface area contributed by atoms with Crippen LogP contribution >= 0.6 is 0 Å². The first-order valence-electron chi connectivity index (χ1n) is 6.54. The van der Waals surface area contributed by atoms with Crippen molar-refractivity contribution in [3.05, 3.63) is 57.5 Å². The summed E-state index contributed by atoms with van der Waals surface area (Å²) in [7, 11) is 1.18. The number of carbonyl (C=O) groups excluding carboxylic acids is 1. The number of esters is 1. The van der Waals surface area contributed by atoms with E-state index in [2.05, 4.69) is 4.74 Å². The van der Waals surface area contributed by atoms with Gasteiger partial charge in [0.1, 0.15) is 11.4 Å². The average molecular weight is 323 g/mol. The van der Waals surface area contributed by atoms with Crippen molar-refractivity contribution < 1.29 is 28.2 Å². The molecule has 23 heavy (non-hydrogen) atoms. The summed E-state index contributed by atoms with van der Waals surface area (Å²) < 4.78 is 38.8. The Morgan fingerprint density at radius 2 is 2.04 bits per heavy atom. The molecule has 2 N–H and O–H groups in total. The molecule has 0 spiro atoms. The number of carbonyl (C=O) groups is 1. The van der Waals surface area contributed by atoms with E-state index in [0.717, 1.165) is 18.2 Å². The normalized spacial score (nSPS) is 18.2. The summed E-state index contributed by atoms with van der Waals surface area (Å²) in [6, 6.07) is 5.70. The Morgan fingerprint density at radius 3 is 2.74 bits per heavy atom. The van der Waals surface area contributed by atoms with Gasteiger partial charge in [-0.15, -0.1) is 0 Å². The molecule has 1 unspecified atom stereocenters. The molecule has 0 radical (unpaired) electrons. The van der Waals surface area contributed by atoms with Crippen LogP contribution in [0, 0.1) is 0 Å². The molecular weight excluding hydrogens is 312 g/mol. The van der Waals surface area contributed by atoms with Crippen molar-refractivity contribution >= 4 is 5.97 Å². The van der Waals surface area contributed by atoms with Gasteiger partial charge >= 0.3 is 11.9 Å². The minimum absolute atomic E-state index is 0.0784. The lowest BCUT2D eigenvalue weighted by atomic mass is 9.99. The zero-order chi connectivity index (χ0) is 16.8. The van der Waals surface area contributed by atoms with Gasteiger partial charge in [-0.3, -0.25) is 4.79 Å². The van der Waals surface area contributed by atoms with Gasteiger partial charge in [0.15, 0.2) is 11.9 Å². The summed E-state index contributed by atoms with van der Waals surface area (Å²) in [5.41, 5.74) is -1.71. The third-order valence-corrected chi connectivity index (χ3v) is 3.51. The first kappa shape index (κ1) is 15.2. The summed E-state index contributed by atoms with van der Waals surface area (Å²) in [5.74, 6) is -4.88. The van der Waals surface area contributed by atoms with Gasteiger partial charge < -0.3 is 19.6 Å². The van der Waals surface area contributed by atoms with Gasteiger partial charge in [0.2, 0.25) is 5.56 Å². The molecule has 8 heteroatoms. The van der Waals surface area contributed by atoms with E-state index in [1.165, 1.54) is 19.2 Å². The van der Waals surface area contributed by atoms with Crippen LogP contribution in [0.5, 0.6) is 11.5 Å². The van der Waals surface area contributed by atoms with Gasteiger partial charge in [0.25, 0.3) is 0 Å². The molecule has 2 heterocycles. The second-order valence-corrected chi connectivity index (χ2v) is 4.93. The maximum Gasteiger partial charge on any atom is 0.337 e. The predicted molar refractivity (Wildman–Crippen MR) is 73.8 cm³/mol. The van der Waals surface area contributed by atoms with E-state index in [1.54, 1.807) is 0 Å². The van der Waals surface area contributed by atoms with Crippen LogP contribution in [0.25, 0.3) is 0 Å². The highest BCUT2D eigenvalue weighted by Gasteiger charge is 2.48. The number of benzene rings is 1. The Hall–Kier alpha value is -2.74. The van der Waals surface area contributed by atoms with Crippen molar-refractivity contribution in [1.29, 1.82) is 0 Å². The molecule has 0 aliphatic carbocycles. The van der Waals surface area contributed by atoms with Crippen molar-refractivity contribution in [2.45, 2.75) is 12.0 Å². The zero-order valence-electron chi connectivity index (χ0n) is 11.8. The van der Waals surface area contributed by atoms with Gasteiger partial charge in [0, 0.05) is 11.6 Å². The number of H-pyrrole nitrogens is 1. The fraction of sp³-hybridized carbons (Fsp3) is 0.200. The van der Waals surface area contributed by atoms with Crippen LogP contribution in [0.4, 0.5) is 8.78 Å². The molecule has 0 saturated carbocycles. The van der Waals surface area contributed by atoms with Crippen molar-refractivity contribution in [2.24, 2.45) is 0 Å². The molecule has 3 rings (SSSR count). The molecule has 0 fully saturated rings. The first-order valence-corrected chi connectivity index (χ1v) is 6.54. The highest BCUT2D eigenvalue weighted by atomic mass is 19.3. The van der Waals surface area contributed by atoms with Gasteiger partial charge in [-0.05, 0) is 18.2 Å². The van der Waals surface area contributed by atoms with Crippen LogP contribution in [-0.2, 0) is 10.7 Å². The number of rotatable bonds is 1. The number of fused-ring (bicyclic) bond motifs is 2. The highest BCUT2D eigenvalue weighted by Crippen LogP contribution is 2.49. The van der Waals surface area contributed by atoms with E-state index < -0.39 is 29.2 Å². The molecular formula is C15H11F2NO5. The van der Waals surface area contributed by atoms with E-state index in [1.807, 2.05) is 4.98 Å². The lowest BCUT2D eigenvalue weighted by molar-refractivity contribution is -0.119. The Kier molecular flexibility index (Phi) is 3.41. The minimum atomic E-state index is -3.77. The maximum absolute atomic E-state index is 14.4. The number of aliphatic hydroxyl groups is 1. The summed E-state index contributed by atoms with van der Waals surface area (Å²) in [6.07, 6.45) is -2.25. The van der Waals surface area contributed by atoms with Crippen molar-refractivity contribution in [3.63, 3.8) is 0 Å². The third kappa shape index (κ3) is 2.36. The molecule has 1 aromatic heterocycles. The Morgan fingerprint density at radius 1 is 1.30 bits per heavy atom. The third-order valence-electron chi connectivity index (χ3n) is 3.51. The second-order valence-electron chi connectivity index (χ2n) is 4.93. The molecule has 1 aliphatic rings. The number of nitrogens with one attached hydrogen (secondary N) is 1. The molecule has 1 aromatic carbocycles. The number of aliphatic hydroxyl groups excluding tert-OH is 1. The van der Waals surface area contributed by atoms with Crippen LogP contribution in [0.3, 0.4) is 0 Å². The van der Waals surface area contributed by atoms with Gasteiger partial charge in [0.05, 0.1) is 12.7 Å². The van der Waals surface area contributed by atoms with Gasteiger partial charge in [-0.25, -0.2) is 4.79 Å². The SMILES string of the molecule is COC(=O)c1ccc2c(c1)Oc1ccc(=O)[nH]c1C(F)(F)C2O. The fourth-order valence-corrected chi connectivity index (χ4v) is 2.34. The first-order chi connectivity index (χ1) is 10.8. The maximum atomic E-state index is 14.4. The van der Waals surface area contributed by atoms with Gasteiger partial charge in [-0.1, -0.05) is 6.07 Å². The van der Waals surface area contributed by atoms with E-state index in [0.29, 0.717) is 0 Å². The molecule has 1 atom stereocenters. The Bertz CT molecular complexity index is 846. The van der Waals surface area contributed by atoms with Crippen molar-refractivity contribution in [2.75, 3.05) is 7.11 Å². The fourth-order valence-electron chi connectivity index (χ4n) is 2.34. The molecule has 6 nitrogen and oxygen atoms in total. The summed E-state index contributed by atoms with van der Waals surface area (Å²) in [4.78, 5) is 24.9. The molecule has 2 aromatic rings. The standard InChI is InChI=1S/C15H11F2NO5/c1-22-14(21)7-2-3-8-10(6-7)23-9-4-5-11(19)18-12(9)15(16,17)13(8)20/h2-6,13,20H,1H3,(H,18,19). The van der Waals surface area contributed by atoms with Crippen LogP contribution in [0.2, 0.25) is 0 Å². The summed E-state index contributed by atoms with van der Waals surface area (Å²) >= 11 is 0. The lowest BCUT2D eigenvalue weighted by Crippen LogP contribution is -2.26. The number of hydrogen-bond acceptors (Lipinski definition) is 5. The van der Waals surface area contributed by atoms with Crippen molar-refractivity contribution in [3.8, 4) is 11.5 Å². The van der Waals surface area contributed by atoms with Gasteiger partial charge in [-0.2, -0.15) is 8.78 Å².